The minimum atomic E-state index is -0.507. The molecular weight excluding hydrogens is 338 g/mol. The van der Waals surface area contributed by atoms with Crippen molar-refractivity contribution >= 4 is 23.3 Å². The number of rotatable bonds is 2. The quantitative estimate of drug-likeness (QED) is 0.589. The molecule has 1 aromatic rings. The lowest BCUT2D eigenvalue weighted by atomic mass is 9.82. The molecule has 0 saturated carbocycles. The van der Waals surface area contributed by atoms with Gasteiger partial charge in [0.15, 0.2) is 5.78 Å². The van der Waals surface area contributed by atoms with Crippen LogP contribution in [0.2, 0.25) is 5.02 Å². The lowest BCUT2D eigenvalue weighted by Gasteiger charge is -2.44. The van der Waals surface area contributed by atoms with Crippen LogP contribution in [-0.2, 0) is 4.79 Å². The van der Waals surface area contributed by atoms with Crippen LogP contribution in [0.5, 0.6) is 5.75 Å². The van der Waals surface area contributed by atoms with Crippen molar-refractivity contribution in [2.24, 2.45) is 0 Å². The molecule has 1 amide bonds. The zero-order valence-corrected chi connectivity index (χ0v) is 15.3. The molecule has 2 heterocycles. The minimum Gasteiger partial charge on any atom is -0.486 e. The SMILES string of the molecule is C/C=C/C=C/C(=O)N1CCC2(CC1)CC(=O)c1cc(Cl)cc(C)c1O2. The maximum absolute atomic E-state index is 12.6. The van der Waals surface area contributed by atoms with E-state index in [1.165, 1.54) is 0 Å². The first-order chi connectivity index (χ1) is 11.9. The molecule has 0 aliphatic carbocycles. The fourth-order valence-corrected chi connectivity index (χ4v) is 3.75. The second-order valence-corrected chi connectivity index (χ2v) is 7.13. The van der Waals surface area contributed by atoms with Gasteiger partial charge in [0, 0.05) is 37.0 Å². The number of hydrogen-bond donors (Lipinski definition) is 0. The number of hydrogen-bond acceptors (Lipinski definition) is 3. The fraction of sp³-hybridized carbons (Fsp3) is 0.400. The van der Waals surface area contributed by atoms with E-state index in [9.17, 15) is 9.59 Å². The van der Waals surface area contributed by atoms with Crippen LogP contribution in [0.1, 0.15) is 42.1 Å². The van der Waals surface area contributed by atoms with Gasteiger partial charge in [0.05, 0.1) is 12.0 Å². The predicted molar refractivity (Wildman–Crippen MR) is 98.3 cm³/mol. The maximum atomic E-state index is 12.6. The molecule has 2 aliphatic heterocycles. The highest BCUT2D eigenvalue weighted by atomic mass is 35.5. The van der Waals surface area contributed by atoms with Gasteiger partial charge in [0.1, 0.15) is 11.4 Å². The normalized spacial score (nSPS) is 19.5. The molecule has 132 valence electrons. The van der Waals surface area contributed by atoms with E-state index in [0.29, 0.717) is 48.7 Å². The first-order valence-corrected chi connectivity index (χ1v) is 8.92. The Morgan fingerprint density at radius 1 is 1.28 bits per heavy atom. The van der Waals surface area contributed by atoms with Gasteiger partial charge in [0.2, 0.25) is 5.91 Å². The number of carbonyl (C=O) groups excluding carboxylic acids is 2. The number of Topliss-reactive ketones (excluding diaryl/α,β-unsaturated/α-hetero) is 1. The third-order valence-electron chi connectivity index (χ3n) is 4.87. The van der Waals surface area contributed by atoms with E-state index in [-0.39, 0.29) is 11.7 Å². The molecule has 0 N–H and O–H groups in total. The zero-order valence-electron chi connectivity index (χ0n) is 14.5. The summed E-state index contributed by atoms with van der Waals surface area (Å²) in [5, 5.41) is 0.553. The molecule has 1 aromatic carbocycles. The summed E-state index contributed by atoms with van der Waals surface area (Å²) in [7, 11) is 0. The third-order valence-corrected chi connectivity index (χ3v) is 5.09. The number of likely N-dealkylation sites (tertiary alicyclic amines) is 1. The number of ketones is 1. The van der Waals surface area contributed by atoms with E-state index in [1.54, 1.807) is 18.2 Å². The van der Waals surface area contributed by atoms with E-state index < -0.39 is 5.60 Å². The fourth-order valence-electron chi connectivity index (χ4n) is 3.48. The van der Waals surface area contributed by atoms with Crippen molar-refractivity contribution in [3.8, 4) is 5.75 Å². The zero-order chi connectivity index (χ0) is 18.0. The van der Waals surface area contributed by atoms with E-state index in [4.69, 9.17) is 16.3 Å². The second kappa shape index (κ2) is 7.04. The molecule has 0 unspecified atom stereocenters. The second-order valence-electron chi connectivity index (χ2n) is 6.69. The summed E-state index contributed by atoms with van der Waals surface area (Å²) in [5.41, 5.74) is 0.943. The van der Waals surface area contributed by atoms with Gasteiger partial charge >= 0.3 is 0 Å². The number of benzene rings is 1. The minimum absolute atomic E-state index is 0.00144. The van der Waals surface area contributed by atoms with Gasteiger partial charge in [-0.05, 0) is 31.5 Å². The van der Waals surface area contributed by atoms with Crippen LogP contribution in [0.3, 0.4) is 0 Å². The largest absolute Gasteiger partial charge is 0.486 e. The van der Waals surface area contributed by atoms with Gasteiger partial charge in [-0.25, -0.2) is 0 Å². The first kappa shape index (κ1) is 17.7. The lowest BCUT2D eigenvalue weighted by molar-refractivity contribution is -0.129. The highest BCUT2D eigenvalue weighted by Crippen LogP contribution is 2.42. The Kier molecular flexibility index (Phi) is 5.00. The van der Waals surface area contributed by atoms with Crippen LogP contribution in [0.4, 0.5) is 0 Å². The van der Waals surface area contributed by atoms with Gasteiger partial charge in [-0.2, -0.15) is 0 Å². The number of halogens is 1. The Morgan fingerprint density at radius 3 is 2.68 bits per heavy atom. The van der Waals surface area contributed by atoms with Gasteiger partial charge in [-0.15, -0.1) is 0 Å². The summed E-state index contributed by atoms with van der Waals surface area (Å²) in [6, 6.07) is 3.50. The molecule has 1 saturated heterocycles. The van der Waals surface area contributed by atoms with Crippen LogP contribution in [0.15, 0.2) is 36.4 Å². The molecule has 3 rings (SSSR count). The molecule has 0 radical (unpaired) electrons. The standard InChI is InChI=1S/C20H22ClNO3/c1-3-4-5-6-18(24)22-9-7-20(8-10-22)13-17(23)16-12-15(21)11-14(2)19(16)25-20/h3-6,11-12H,7-10,13H2,1-2H3/b4-3+,6-5+. The number of carbonyl (C=O) groups is 2. The summed E-state index contributed by atoms with van der Waals surface area (Å²) in [5.74, 6) is 0.714. The van der Waals surface area contributed by atoms with Crippen LogP contribution in [0.25, 0.3) is 0 Å². The Balaban J connectivity index is 1.74. The summed E-state index contributed by atoms with van der Waals surface area (Å²) < 4.78 is 6.30. The van der Waals surface area contributed by atoms with Crippen LogP contribution >= 0.6 is 11.6 Å². The molecule has 0 aromatic heterocycles. The summed E-state index contributed by atoms with van der Waals surface area (Å²) in [6.45, 7) is 4.99. The number of nitrogens with zero attached hydrogens (tertiary/aromatic N) is 1. The predicted octanol–water partition coefficient (Wildman–Crippen LogP) is 4.11. The molecule has 5 heteroatoms. The van der Waals surface area contributed by atoms with Crippen molar-refractivity contribution in [2.45, 2.75) is 38.7 Å². The van der Waals surface area contributed by atoms with Gasteiger partial charge in [-0.1, -0.05) is 29.8 Å². The van der Waals surface area contributed by atoms with E-state index in [0.717, 1.165) is 5.56 Å². The topological polar surface area (TPSA) is 46.6 Å². The van der Waals surface area contributed by atoms with Crippen LogP contribution < -0.4 is 4.74 Å². The van der Waals surface area contributed by atoms with Crippen molar-refractivity contribution in [1.82, 2.24) is 4.90 Å². The first-order valence-electron chi connectivity index (χ1n) is 8.55. The lowest BCUT2D eigenvalue weighted by Crippen LogP contribution is -2.52. The molecule has 0 atom stereocenters. The monoisotopic (exact) mass is 359 g/mol. The van der Waals surface area contributed by atoms with Crippen molar-refractivity contribution < 1.29 is 14.3 Å². The Hall–Kier alpha value is -2.07. The summed E-state index contributed by atoms with van der Waals surface area (Å²) >= 11 is 6.07. The van der Waals surface area contributed by atoms with Crippen LogP contribution in [-0.4, -0.2) is 35.3 Å². The molecule has 2 aliphatic rings. The van der Waals surface area contributed by atoms with Gasteiger partial charge < -0.3 is 9.64 Å². The molecule has 0 bridgehead atoms. The third kappa shape index (κ3) is 3.64. The number of ether oxygens (including phenoxy) is 1. The van der Waals surface area contributed by atoms with E-state index >= 15 is 0 Å². The number of amides is 1. The summed E-state index contributed by atoms with van der Waals surface area (Å²) in [4.78, 5) is 26.6. The molecule has 1 fully saturated rings. The highest BCUT2D eigenvalue weighted by Gasteiger charge is 2.44. The number of aryl methyl sites for hydroxylation is 1. The average Bonchev–Trinajstić information content (AvgIpc) is 2.57. The Morgan fingerprint density at radius 2 is 2.00 bits per heavy atom. The molecule has 1 spiro atoms. The number of piperidine rings is 1. The van der Waals surface area contributed by atoms with Gasteiger partial charge in [-0.3, -0.25) is 9.59 Å². The number of allylic oxidation sites excluding steroid dienone is 3. The van der Waals surface area contributed by atoms with Gasteiger partial charge in [0.25, 0.3) is 0 Å². The van der Waals surface area contributed by atoms with Crippen molar-refractivity contribution in [3.63, 3.8) is 0 Å². The van der Waals surface area contributed by atoms with E-state index in [1.807, 2.05) is 37.0 Å². The molecule has 25 heavy (non-hydrogen) atoms. The number of fused-ring (bicyclic) bond motifs is 1. The van der Waals surface area contributed by atoms with Crippen molar-refractivity contribution in [2.75, 3.05) is 13.1 Å². The maximum Gasteiger partial charge on any atom is 0.246 e. The highest BCUT2D eigenvalue weighted by molar-refractivity contribution is 6.31. The smallest absolute Gasteiger partial charge is 0.246 e. The Bertz CT molecular complexity index is 758. The molecular formula is C20H22ClNO3. The Labute approximate surface area is 153 Å². The summed E-state index contributed by atoms with van der Waals surface area (Å²) in [6.07, 6.45) is 8.69. The van der Waals surface area contributed by atoms with Crippen molar-refractivity contribution in [3.05, 3.63) is 52.6 Å². The molecule has 4 nitrogen and oxygen atoms in total. The van der Waals surface area contributed by atoms with Crippen molar-refractivity contribution in [1.29, 1.82) is 0 Å². The van der Waals surface area contributed by atoms with E-state index in [2.05, 4.69) is 0 Å². The average molecular weight is 360 g/mol. The van der Waals surface area contributed by atoms with Crippen LogP contribution in [0, 0.1) is 6.92 Å².